The van der Waals surface area contributed by atoms with Gasteiger partial charge in [-0.15, -0.1) is 0 Å². The number of nitrogens with one attached hydrogen (secondary N) is 2. The average molecular weight is 329 g/mol. The zero-order valence-corrected chi connectivity index (χ0v) is 12.8. The number of hydrogen-bond donors (Lipinski definition) is 5. The molecule has 0 aliphatic carbocycles. The van der Waals surface area contributed by atoms with Crippen molar-refractivity contribution in [1.82, 2.24) is 11.5 Å². The van der Waals surface area contributed by atoms with Gasteiger partial charge in [-0.2, -0.15) is 12.6 Å². The Morgan fingerprint density at radius 2 is 2.00 bits per heavy atom. The van der Waals surface area contributed by atoms with Gasteiger partial charge in [0.2, 0.25) is 5.91 Å². The van der Waals surface area contributed by atoms with Crippen LogP contribution in [0, 0.1) is 0 Å². The minimum atomic E-state index is -0.642. The number of benzene rings is 1. The summed E-state index contributed by atoms with van der Waals surface area (Å²) in [5.74, 6) is -1.37. The van der Waals surface area contributed by atoms with Gasteiger partial charge in [-0.3, -0.25) is 14.4 Å². The molecule has 6 N–H and O–H groups in total. The highest BCUT2D eigenvalue weighted by molar-refractivity contribution is 7.81. The van der Waals surface area contributed by atoms with E-state index in [4.69, 9.17) is 5.11 Å². The summed E-state index contributed by atoms with van der Waals surface area (Å²) >= 11 is 3.84. The maximum atomic E-state index is 11.8. The SMILES string of the molecule is N.O=C(CS)Nc1cccc(C(=O)NCC(=O)OCCO)c1. The summed E-state index contributed by atoms with van der Waals surface area (Å²) in [6.45, 7) is -0.682. The molecule has 0 heterocycles. The number of amides is 2. The molecule has 0 fully saturated rings. The van der Waals surface area contributed by atoms with E-state index < -0.39 is 11.9 Å². The lowest BCUT2D eigenvalue weighted by Gasteiger charge is -2.07. The maximum Gasteiger partial charge on any atom is 0.325 e. The number of hydrogen-bond acceptors (Lipinski definition) is 7. The van der Waals surface area contributed by atoms with Crippen molar-refractivity contribution in [3.05, 3.63) is 29.8 Å². The van der Waals surface area contributed by atoms with Crippen molar-refractivity contribution < 1.29 is 24.2 Å². The highest BCUT2D eigenvalue weighted by Crippen LogP contribution is 2.10. The Morgan fingerprint density at radius 1 is 1.27 bits per heavy atom. The predicted octanol–water partition coefficient (Wildman–Crippen LogP) is -0.0178. The fraction of sp³-hybridized carbons (Fsp3) is 0.308. The van der Waals surface area contributed by atoms with Crippen molar-refractivity contribution >= 4 is 36.1 Å². The van der Waals surface area contributed by atoms with Gasteiger partial charge in [0.1, 0.15) is 13.2 Å². The van der Waals surface area contributed by atoms with Gasteiger partial charge in [0.15, 0.2) is 0 Å². The zero-order valence-electron chi connectivity index (χ0n) is 11.9. The van der Waals surface area contributed by atoms with Crippen LogP contribution in [0.5, 0.6) is 0 Å². The second-order valence-corrected chi connectivity index (χ2v) is 4.23. The first kappa shape index (κ1) is 19.9. The number of anilines is 1. The van der Waals surface area contributed by atoms with E-state index in [0.29, 0.717) is 11.3 Å². The molecule has 0 bridgehead atoms. The van der Waals surface area contributed by atoms with Crippen molar-refractivity contribution in [2.75, 3.05) is 30.8 Å². The van der Waals surface area contributed by atoms with Crippen LogP contribution in [0.25, 0.3) is 0 Å². The lowest BCUT2D eigenvalue weighted by Crippen LogP contribution is -2.31. The molecular weight excluding hydrogens is 310 g/mol. The van der Waals surface area contributed by atoms with E-state index in [0.717, 1.165) is 0 Å². The predicted molar refractivity (Wildman–Crippen MR) is 84.3 cm³/mol. The number of aliphatic hydroxyl groups is 1. The van der Waals surface area contributed by atoms with Gasteiger partial charge in [-0.05, 0) is 18.2 Å². The summed E-state index contributed by atoms with van der Waals surface area (Å²) < 4.78 is 4.60. The molecule has 0 aromatic heterocycles. The number of carbonyl (C=O) groups is 3. The largest absolute Gasteiger partial charge is 0.462 e. The molecule has 2 amide bonds. The Morgan fingerprint density at radius 3 is 2.64 bits per heavy atom. The Bertz CT molecular complexity index is 524. The lowest BCUT2D eigenvalue weighted by molar-refractivity contribution is -0.143. The average Bonchev–Trinajstić information content (AvgIpc) is 2.50. The van der Waals surface area contributed by atoms with Gasteiger partial charge in [0, 0.05) is 11.3 Å². The second-order valence-electron chi connectivity index (χ2n) is 3.91. The van der Waals surface area contributed by atoms with Gasteiger partial charge >= 0.3 is 5.97 Å². The molecule has 0 aliphatic rings. The molecule has 1 aromatic carbocycles. The summed E-state index contributed by atoms with van der Waals surface area (Å²) in [6, 6.07) is 6.27. The molecule has 0 spiro atoms. The smallest absolute Gasteiger partial charge is 0.325 e. The van der Waals surface area contributed by atoms with Crippen LogP contribution in [0.4, 0.5) is 5.69 Å². The summed E-state index contributed by atoms with van der Waals surface area (Å²) in [5.41, 5.74) is 0.756. The molecule has 8 nitrogen and oxygen atoms in total. The first-order chi connectivity index (χ1) is 10.1. The summed E-state index contributed by atoms with van der Waals surface area (Å²) in [7, 11) is 0. The van der Waals surface area contributed by atoms with E-state index in [1.165, 1.54) is 6.07 Å². The van der Waals surface area contributed by atoms with Gasteiger partial charge < -0.3 is 26.6 Å². The number of thiol groups is 1. The van der Waals surface area contributed by atoms with Crippen LogP contribution in [0.2, 0.25) is 0 Å². The van der Waals surface area contributed by atoms with E-state index >= 15 is 0 Å². The van der Waals surface area contributed by atoms with Crippen LogP contribution in [-0.2, 0) is 14.3 Å². The minimum Gasteiger partial charge on any atom is -0.462 e. The fourth-order valence-corrected chi connectivity index (χ4v) is 1.48. The molecule has 122 valence electrons. The topological polar surface area (TPSA) is 140 Å². The number of esters is 1. The third-order valence-electron chi connectivity index (χ3n) is 2.30. The van der Waals surface area contributed by atoms with Gasteiger partial charge in [0.05, 0.1) is 12.4 Å². The van der Waals surface area contributed by atoms with Crippen LogP contribution < -0.4 is 16.8 Å². The van der Waals surface area contributed by atoms with E-state index in [-0.39, 0.29) is 37.6 Å². The molecular formula is C13H19N3O5S. The fourth-order valence-electron chi connectivity index (χ4n) is 1.40. The Labute approximate surface area is 133 Å². The Kier molecular flexibility index (Phi) is 9.59. The molecule has 1 rings (SSSR count). The van der Waals surface area contributed by atoms with Crippen molar-refractivity contribution in [3.8, 4) is 0 Å². The number of carbonyl (C=O) groups excluding carboxylic acids is 3. The molecule has 0 saturated heterocycles. The minimum absolute atomic E-state index is 0. The molecule has 0 atom stereocenters. The first-order valence-electron chi connectivity index (χ1n) is 6.12. The van der Waals surface area contributed by atoms with Crippen molar-refractivity contribution in [2.45, 2.75) is 0 Å². The summed E-state index contributed by atoms with van der Waals surface area (Å²) in [6.07, 6.45) is 0. The third-order valence-corrected chi connectivity index (χ3v) is 2.59. The van der Waals surface area contributed by atoms with Crippen LogP contribution in [0.3, 0.4) is 0 Å². The quantitative estimate of drug-likeness (QED) is 0.352. The molecule has 0 radical (unpaired) electrons. The second kappa shape index (κ2) is 10.6. The number of aliphatic hydroxyl groups excluding tert-OH is 1. The lowest BCUT2D eigenvalue weighted by atomic mass is 10.2. The first-order valence-corrected chi connectivity index (χ1v) is 6.75. The highest BCUT2D eigenvalue weighted by Gasteiger charge is 2.10. The normalized spacial score (nSPS) is 9.36. The van der Waals surface area contributed by atoms with Crippen LogP contribution in [0.15, 0.2) is 24.3 Å². The monoisotopic (exact) mass is 329 g/mol. The van der Waals surface area contributed by atoms with Crippen LogP contribution in [-0.4, -0.2) is 48.4 Å². The maximum absolute atomic E-state index is 11.8. The standard InChI is InChI=1S/C13H16N2O5S.H3N/c16-4-5-20-12(18)7-14-13(19)9-2-1-3-10(6-9)15-11(17)8-21;/h1-3,6,16,21H,4-5,7-8H2,(H,14,19)(H,15,17);1H3. The number of rotatable bonds is 7. The van der Waals surface area contributed by atoms with Crippen molar-refractivity contribution in [3.63, 3.8) is 0 Å². The molecule has 9 heteroatoms. The third kappa shape index (κ3) is 7.07. The van der Waals surface area contributed by atoms with Gasteiger partial charge in [0.25, 0.3) is 5.91 Å². The zero-order chi connectivity index (χ0) is 15.7. The van der Waals surface area contributed by atoms with Crippen molar-refractivity contribution in [1.29, 1.82) is 0 Å². The molecule has 0 aliphatic heterocycles. The van der Waals surface area contributed by atoms with Crippen LogP contribution >= 0.6 is 12.6 Å². The molecule has 0 saturated carbocycles. The summed E-state index contributed by atoms with van der Waals surface area (Å²) in [4.78, 5) is 34.2. The highest BCUT2D eigenvalue weighted by atomic mass is 32.1. The Hall–Kier alpha value is -2.10. The molecule has 1 aromatic rings. The van der Waals surface area contributed by atoms with Gasteiger partial charge in [-0.25, -0.2) is 0 Å². The van der Waals surface area contributed by atoms with E-state index in [1.807, 2.05) is 0 Å². The van der Waals surface area contributed by atoms with E-state index in [1.54, 1.807) is 18.2 Å². The Balaban J connectivity index is 0.00000441. The van der Waals surface area contributed by atoms with Crippen LogP contribution in [0.1, 0.15) is 10.4 Å². The molecule has 22 heavy (non-hydrogen) atoms. The van der Waals surface area contributed by atoms with E-state index in [2.05, 4.69) is 28.0 Å². The number of ether oxygens (including phenoxy) is 1. The van der Waals surface area contributed by atoms with Gasteiger partial charge in [-0.1, -0.05) is 6.07 Å². The molecule has 0 unspecified atom stereocenters. The van der Waals surface area contributed by atoms with E-state index in [9.17, 15) is 14.4 Å². The van der Waals surface area contributed by atoms with Crippen molar-refractivity contribution in [2.24, 2.45) is 0 Å². The summed E-state index contributed by atoms with van der Waals surface area (Å²) in [5, 5.41) is 13.4.